The van der Waals surface area contributed by atoms with E-state index in [2.05, 4.69) is 108 Å². The van der Waals surface area contributed by atoms with Crippen molar-refractivity contribution in [3.63, 3.8) is 0 Å². The van der Waals surface area contributed by atoms with Crippen LogP contribution in [0.25, 0.3) is 0 Å². The molecule has 31 heavy (non-hydrogen) atoms. The van der Waals surface area contributed by atoms with Crippen molar-refractivity contribution in [2.45, 2.75) is 71.6 Å². The minimum atomic E-state index is 0.0758. The number of hydrogen-bond acceptors (Lipinski definition) is 3. The van der Waals surface area contributed by atoms with Crippen LogP contribution in [0.2, 0.25) is 0 Å². The second-order valence-electron chi connectivity index (χ2n) is 11.4. The van der Waals surface area contributed by atoms with Crippen LogP contribution < -0.4 is 0 Å². The number of hydrogen-bond donors (Lipinski definition) is 0. The van der Waals surface area contributed by atoms with E-state index in [0.29, 0.717) is 0 Å². The molecular weight excluding hydrogens is 380 g/mol. The van der Waals surface area contributed by atoms with E-state index in [1.165, 1.54) is 27.8 Å². The van der Waals surface area contributed by atoms with Crippen molar-refractivity contribution in [2.75, 3.05) is 33.8 Å². The van der Waals surface area contributed by atoms with Crippen LogP contribution in [-0.4, -0.2) is 43.6 Å². The standard InChI is InChI=1S/C28H42N2O/c1-27(2,3)24-15-10-9-12-21(24)19-30-16-17-31-25(20-30)23-14-11-13-22(18-29(7)8)26(23)28(4,5)6/h9-15,25H,16-20H2,1-8H3. The lowest BCUT2D eigenvalue weighted by Crippen LogP contribution is -2.39. The summed E-state index contributed by atoms with van der Waals surface area (Å²) in [6.07, 6.45) is 0.117. The molecule has 2 aromatic rings. The number of rotatable bonds is 5. The van der Waals surface area contributed by atoms with Gasteiger partial charge in [0, 0.05) is 26.2 Å². The molecule has 0 radical (unpaired) electrons. The second kappa shape index (κ2) is 9.44. The highest BCUT2D eigenvalue weighted by Crippen LogP contribution is 2.36. The molecule has 0 saturated carbocycles. The Morgan fingerprint density at radius 2 is 1.58 bits per heavy atom. The maximum atomic E-state index is 6.37. The summed E-state index contributed by atoms with van der Waals surface area (Å²) in [4.78, 5) is 4.83. The molecule has 0 aromatic heterocycles. The monoisotopic (exact) mass is 422 g/mol. The van der Waals surface area contributed by atoms with E-state index in [4.69, 9.17) is 4.74 Å². The minimum absolute atomic E-state index is 0.0758. The van der Waals surface area contributed by atoms with Gasteiger partial charge in [-0.3, -0.25) is 4.90 Å². The summed E-state index contributed by atoms with van der Waals surface area (Å²) in [5.41, 5.74) is 7.34. The zero-order valence-corrected chi connectivity index (χ0v) is 21.0. The van der Waals surface area contributed by atoms with Gasteiger partial charge in [0.15, 0.2) is 0 Å². The molecule has 1 atom stereocenters. The SMILES string of the molecule is CN(C)Cc1cccc(C2CN(Cc3ccccc3C(C)(C)C)CCO2)c1C(C)(C)C. The summed E-state index contributed by atoms with van der Waals surface area (Å²) in [7, 11) is 4.29. The molecule has 0 aliphatic carbocycles. The van der Waals surface area contributed by atoms with Crippen molar-refractivity contribution < 1.29 is 4.74 Å². The van der Waals surface area contributed by atoms with Gasteiger partial charge in [0.05, 0.1) is 12.7 Å². The molecule has 0 N–H and O–H groups in total. The predicted molar refractivity (Wildman–Crippen MR) is 132 cm³/mol. The summed E-state index contributed by atoms with van der Waals surface area (Å²) in [5, 5.41) is 0. The highest BCUT2D eigenvalue weighted by atomic mass is 16.5. The van der Waals surface area contributed by atoms with Crippen molar-refractivity contribution >= 4 is 0 Å². The van der Waals surface area contributed by atoms with E-state index < -0.39 is 0 Å². The molecule has 3 rings (SSSR count). The molecule has 1 unspecified atom stereocenters. The Kier molecular flexibility index (Phi) is 7.30. The zero-order chi connectivity index (χ0) is 22.8. The molecule has 170 valence electrons. The van der Waals surface area contributed by atoms with Crippen molar-refractivity contribution in [3.05, 3.63) is 70.3 Å². The van der Waals surface area contributed by atoms with E-state index in [1.807, 2.05) is 0 Å². The highest BCUT2D eigenvalue weighted by molar-refractivity contribution is 5.42. The van der Waals surface area contributed by atoms with Crippen LogP contribution in [0, 0.1) is 0 Å². The Hall–Kier alpha value is -1.68. The first-order chi connectivity index (χ1) is 14.5. The van der Waals surface area contributed by atoms with Crippen LogP contribution in [0.3, 0.4) is 0 Å². The number of benzene rings is 2. The largest absolute Gasteiger partial charge is 0.371 e. The fourth-order valence-electron chi connectivity index (χ4n) is 4.94. The molecule has 1 saturated heterocycles. The Labute approximate surface area is 190 Å². The van der Waals surface area contributed by atoms with Gasteiger partial charge < -0.3 is 9.64 Å². The lowest BCUT2D eigenvalue weighted by molar-refractivity contribution is -0.0338. The normalized spacial score (nSPS) is 18.5. The summed E-state index contributed by atoms with van der Waals surface area (Å²) < 4.78 is 6.37. The summed E-state index contributed by atoms with van der Waals surface area (Å²) in [6.45, 7) is 18.5. The first-order valence-corrected chi connectivity index (χ1v) is 11.7. The lowest BCUT2D eigenvalue weighted by Gasteiger charge is -2.37. The van der Waals surface area contributed by atoms with Crippen molar-refractivity contribution in [1.29, 1.82) is 0 Å². The van der Waals surface area contributed by atoms with Gasteiger partial charge >= 0.3 is 0 Å². The van der Waals surface area contributed by atoms with Crippen LogP contribution in [0.1, 0.15) is 75.5 Å². The van der Waals surface area contributed by atoms with E-state index in [-0.39, 0.29) is 16.9 Å². The van der Waals surface area contributed by atoms with Crippen molar-refractivity contribution in [1.82, 2.24) is 9.80 Å². The second-order valence-corrected chi connectivity index (χ2v) is 11.4. The Morgan fingerprint density at radius 1 is 0.903 bits per heavy atom. The van der Waals surface area contributed by atoms with Gasteiger partial charge in [-0.25, -0.2) is 0 Å². The van der Waals surface area contributed by atoms with Crippen LogP contribution in [0.4, 0.5) is 0 Å². The number of morpholine rings is 1. The Bertz CT molecular complexity index is 873. The van der Waals surface area contributed by atoms with Gasteiger partial charge in [-0.15, -0.1) is 0 Å². The van der Waals surface area contributed by atoms with E-state index in [1.54, 1.807) is 0 Å². The first-order valence-electron chi connectivity index (χ1n) is 11.7. The summed E-state index contributed by atoms with van der Waals surface area (Å²) in [5.74, 6) is 0. The van der Waals surface area contributed by atoms with Crippen LogP contribution in [-0.2, 0) is 28.7 Å². The van der Waals surface area contributed by atoms with Gasteiger partial charge in [-0.2, -0.15) is 0 Å². The molecule has 0 amide bonds. The first kappa shape index (κ1) is 24.0. The molecular formula is C28H42N2O. The van der Waals surface area contributed by atoms with Crippen molar-refractivity contribution in [3.8, 4) is 0 Å². The lowest BCUT2D eigenvalue weighted by atomic mass is 9.78. The Morgan fingerprint density at radius 3 is 2.23 bits per heavy atom. The molecule has 3 nitrogen and oxygen atoms in total. The average Bonchev–Trinajstić information content (AvgIpc) is 2.66. The van der Waals surface area contributed by atoms with Crippen LogP contribution >= 0.6 is 0 Å². The van der Waals surface area contributed by atoms with E-state index >= 15 is 0 Å². The summed E-state index contributed by atoms with van der Waals surface area (Å²) in [6, 6.07) is 15.7. The van der Waals surface area contributed by atoms with Gasteiger partial charge in [0.25, 0.3) is 0 Å². The number of ether oxygens (including phenoxy) is 1. The molecule has 2 aromatic carbocycles. The molecule has 3 heteroatoms. The minimum Gasteiger partial charge on any atom is -0.371 e. The molecule has 0 spiro atoms. The molecule has 1 aliphatic rings. The van der Waals surface area contributed by atoms with Gasteiger partial charge in [0.1, 0.15) is 0 Å². The zero-order valence-electron chi connectivity index (χ0n) is 21.0. The quantitative estimate of drug-likeness (QED) is 0.595. The topological polar surface area (TPSA) is 15.7 Å². The molecule has 1 fully saturated rings. The predicted octanol–water partition coefficient (Wildman–Crippen LogP) is 5.92. The van der Waals surface area contributed by atoms with E-state index in [9.17, 15) is 0 Å². The van der Waals surface area contributed by atoms with Crippen LogP contribution in [0.5, 0.6) is 0 Å². The van der Waals surface area contributed by atoms with Gasteiger partial charge in [-0.1, -0.05) is 84.0 Å². The third-order valence-electron chi connectivity index (χ3n) is 6.14. The third-order valence-corrected chi connectivity index (χ3v) is 6.14. The Balaban J connectivity index is 1.88. The van der Waals surface area contributed by atoms with Crippen LogP contribution in [0.15, 0.2) is 42.5 Å². The summed E-state index contributed by atoms with van der Waals surface area (Å²) >= 11 is 0. The fraction of sp³-hybridized carbons (Fsp3) is 0.571. The smallest absolute Gasteiger partial charge is 0.0955 e. The van der Waals surface area contributed by atoms with Crippen molar-refractivity contribution in [2.24, 2.45) is 0 Å². The average molecular weight is 423 g/mol. The molecule has 0 bridgehead atoms. The highest BCUT2D eigenvalue weighted by Gasteiger charge is 2.30. The molecule has 1 heterocycles. The fourth-order valence-corrected chi connectivity index (χ4v) is 4.94. The number of nitrogens with zero attached hydrogens (tertiary/aromatic N) is 2. The van der Waals surface area contributed by atoms with Gasteiger partial charge in [-0.05, 0) is 52.7 Å². The van der Waals surface area contributed by atoms with E-state index in [0.717, 1.165) is 32.8 Å². The third kappa shape index (κ3) is 5.97. The maximum Gasteiger partial charge on any atom is 0.0955 e. The molecule has 1 aliphatic heterocycles. The van der Waals surface area contributed by atoms with Gasteiger partial charge in [0.2, 0.25) is 0 Å². The maximum absolute atomic E-state index is 6.37.